The van der Waals surface area contributed by atoms with E-state index in [2.05, 4.69) is 32.9 Å². The highest BCUT2D eigenvalue weighted by Crippen LogP contribution is 2.28. The van der Waals surface area contributed by atoms with Crippen molar-refractivity contribution in [3.05, 3.63) is 24.2 Å². The highest BCUT2D eigenvalue weighted by atomic mass is 15.2. The first-order valence-electron chi connectivity index (χ1n) is 8.54. The molecule has 0 saturated carbocycles. The van der Waals surface area contributed by atoms with E-state index >= 15 is 0 Å². The Morgan fingerprint density at radius 3 is 2.91 bits per heavy atom. The van der Waals surface area contributed by atoms with Crippen molar-refractivity contribution >= 4 is 11.2 Å². The van der Waals surface area contributed by atoms with Crippen molar-refractivity contribution in [1.29, 1.82) is 0 Å². The van der Waals surface area contributed by atoms with E-state index in [0.717, 1.165) is 30.2 Å². The number of nitrogens with zero attached hydrogens (tertiary/aromatic N) is 4. The molecule has 1 unspecified atom stereocenters. The Bertz CT molecular complexity index is 636. The van der Waals surface area contributed by atoms with Crippen LogP contribution in [0.2, 0.25) is 0 Å². The molecule has 0 radical (unpaired) electrons. The molecule has 2 aliphatic heterocycles. The van der Waals surface area contributed by atoms with Gasteiger partial charge in [0.15, 0.2) is 5.65 Å². The summed E-state index contributed by atoms with van der Waals surface area (Å²) >= 11 is 0. The maximum absolute atomic E-state index is 4.90. The number of fused-ring (bicyclic) bond motifs is 1. The van der Waals surface area contributed by atoms with Gasteiger partial charge in [-0.25, -0.2) is 9.97 Å². The maximum Gasteiger partial charge on any atom is 0.160 e. The molecule has 2 aromatic heterocycles. The van der Waals surface area contributed by atoms with E-state index in [0.29, 0.717) is 6.04 Å². The highest BCUT2D eigenvalue weighted by molar-refractivity contribution is 5.71. The summed E-state index contributed by atoms with van der Waals surface area (Å²) in [5.74, 6) is 1.95. The number of imidazole rings is 1. The van der Waals surface area contributed by atoms with Crippen molar-refractivity contribution in [3.8, 4) is 0 Å². The first-order chi connectivity index (χ1) is 10.8. The fourth-order valence-electron chi connectivity index (χ4n) is 3.83. The third kappa shape index (κ3) is 2.63. The number of likely N-dealkylation sites (tertiary alicyclic amines) is 1. The van der Waals surface area contributed by atoms with Crippen molar-refractivity contribution in [1.82, 2.24) is 24.8 Å². The molecule has 5 nitrogen and oxygen atoms in total. The second-order valence-corrected chi connectivity index (χ2v) is 6.82. The van der Waals surface area contributed by atoms with Crippen LogP contribution in [0.15, 0.2) is 18.3 Å². The van der Waals surface area contributed by atoms with E-state index in [1.807, 2.05) is 12.3 Å². The third-order valence-corrected chi connectivity index (χ3v) is 5.18. The number of pyridine rings is 1. The lowest BCUT2D eigenvalue weighted by Gasteiger charge is -2.29. The molecule has 22 heavy (non-hydrogen) atoms. The molecule has 2 aromatic rings. The minimum atomic E-state index is 0.403. The monoisotopic (exact) mass is 299 g/mol. The lowest BCUT2D eigenvalue weighted by molar-refractivity contribution is 0.204. The zero-order valence-corrected chi connectivity index (χ0v) is 13.3. The van der Waals surface area contributed by atoms with Crippen LogP contribution in [0.4, 0.5) is 0 Å². The Kier molecular flexibility index (Phi) is 3.84. The van der Waals surface area contributed by atoms with Crippen LogP contribution in [0.1, 0.15) is 37.5 Å². The van der Waals surface area contributed by atoms with E-state index in [-0.39, 0.29) is 0 Å². The molecule has 0 aromatic carbocycles. The van der Waals surface area contributed by atoms with Gasteiger partial charge < -0.3 is 14.8 Å². The number of nitrogens with one attached hydrogen (secondary N) is 1. The molecule has 0 spiro atoms. The van der Waals surface area contributed by atoms with E-state index in [4.69, 9.17) is 4.98 Å². The van der Waals surface area contributed by atoms with Gasteiger partial charge in [0, 0.05) is 12.7 Å². The summed E-state index contributed by atoms with van der Waals surface area (Å²) in [7, 11) is 2.22. The van der Waals surface area contributed by atoms with Crippen LogP contribution in [0.25, 0.3) is 11.2 Å². The molecule has 118 valence electrons. The van der Waals surface area contributed by atoms with Crippen LogP contribution < -0.4 is 5.32 Å². The van der Waals surface area contributed by atoms with Crippen LogP contribution in [-0.2, 0) is 6.54 Å². The molecular weight excluding hydrogens is 274 g/mol. The van der Waals surface area contributed by atoms with Gasteiger partial charge in [-0.2, -0.15) is 0 Å². The normalized spacial score (nSPS) is 24.3. The van der Waals surface area contributed by atoms with Crippen molar-refractivity contribution in [2.24, 2.45) is 5.92 Å². The topological polar surface area (TPSA) is 46.0 Å². The molecule has 0 amide bonds. The lowest BCUT2D eigenvalue weighted by atomic mass is 9.97. The largest absolute Gasteiger partial charge is 0.311 e. The van der Waals surface area contributed by atoms with Crippen LogP contribution in [0.5, 0.6) is 0 Å². The quantitative estimate of drug-likeness (QED) is 0.944. The Labute approximate surface area is 131 Å². The minimum Gasteiger partial charge on any atom is -0.311 e. The number of aromatic nitrogens is 3. The Balaban J connectivity index is 1.66. The summed E-state index contributed by atoms with van der Waals surface area (Å²) in [6.07, 6.45) is 6.88. The highest BCUT2D eigenvalue weighted by Gasteiger charge is 2.26. The fraction of sp³-hybridized carbons (Fsp3) is 0.647. The van der Waals surface area contributed by atoms with Gasteiger partial charge in [-0.05, 0) is 70.4 Å². The van der Waals surface area contributed by atoms with Crippen LogP contribution in [-0.4, -0.2) is 46.1 Å². The molecule has 4 heterocycles. The molecule has 0 bridgehead atoms. The van der Waals surface area contributed by atoms with Crippen molar-refractivity contribution < 1.29 is 0 Å². The second-order valence-electron chi connectivity index (χ2n) is 6.82. The predicted octanol–water partition coefficient (Wildman–Crippen LogP) is 2.20. The van der Waals surface area contributed by atoms with Gasteiger partial charge in [-0.3, -0.25) is 0 Å². The smallest absolute Gasteiger partial charge is 0.160 e. The van der Waals surface area contributed by atoms with Gasteiger partial charge in [-0.15, -0.1) is 0 Å². The number of hydrogen-bond acceptors (Lipinski definition) is 4. The van der Waals surface area contributed by atoms with Crippen LogP contribution in [0.3, 0.4) is 0 Å². The maximum atomic E-state index is 4.90. The summed E-state index contributed by atoms with van der Waals surface area (Å²) < 4.78 is 2.40. The molecule has 2 fully saturated rings. The van der Waals surface area contributed by atoms with Gasteiger partial charge in [-0.1, -0.05) is 0 Å². The molecule has 5 heteroatoms. The molecule has 4 rings (SSSR count). The number of rotatable bonds is 3. The summed E-state index contributed by atoms with van der Waals surface area (Å²) in [5, 5.41) is 3.60. The van der Waals surface area contributed by atoms with Crippen LogP contribution >= 0.6 is 0 Å². The number of hydrogen-bond donors (Lipinski definition) is 1. The van der Waals surface area contributed by atoms with Gasteiger partial charge in [0.05, 0.1) is 6.04 Å². The van der Waals surface area contributed by atoms with Gasteiger partial charge in [0.2, 0.25) is 0 Å². The van der Waals surface area contributed by atoms with Gasteiger partial charge in [0.25, 0.3) is 0 Å². The minimum absolute atomic E-state index is 0.403. The first kappa shape index (κ1) is 14.2. The lowest BCUT2D eigenvalue weighted by Crippen LogP contribution is -2.32. The average molecular weight is 299 g/mol. The summed E-state index contributed by atoms with van der Waals surface area (Å²) in [5.41, 5.74) is 2.10. The van der Waals surface area contributed by atoms with E-state index in [1.165, 1.54) is 44.6 Å². The molecular formula is C17H25N5. The van der Waals surface area contributed by atoms with E-state index in [1.54, 1.807) is 0 Å². The molecule has 2 aliphatic rings. The average Bonchev–Trinajstić information content (AvgIpc) is 3.18. The zero-order valence-electron chi connectivity index (χ0n) is 13.3. The SMILES string of the molecule is CN1CCC(Cn2c(C3CCCN3)nc3cccnc32)CC1. The molecule has 0 aliphatic carbocycles. The van der Waals surface area contributed by atoms with Gasteiger partial charge in [0.1, 0.15) is 11.3 Å². The van der Waals surface area contributed by atoms with Crippen molar-refractivity contribution in [2.45, 2.75) is 38.3 Å². The number of piperidine rings is 1. The fourth-order valence-corrected chi connectivity index (χ4v) is 3.83. The predicted molar refractivity (Wildman–Crippen MR) is 87.7 cm³/mol. The summed E-state index contributed by atoms with van der Waals surface area (Å²) in [6, 6.07) is 4.48. The second kappa shape index (κ2) is 5.97. The molecule has 2 saturated heterocycles. The Morgan fingerprint density at radius 2 is 2.14 bits per heavy atom. The zero-order chi connectivity index (χ0) is 14.9. The Morgan fingerprint density at radius 1 is 1.27 bits per heavy atom. The summed E-state index contributed by atoms with van der Waals surface area (Å²) in [4.78, 5) is 11.9. The van der Waals surface area contributed by atoms with Crippen molar-refractivity contribution in [2.75, 3.05) is 26.7 Å². The first-order valence-corrected chi connectivity index (χ1v) is 8.54. The van der Waals surface area contributed by atoms with Crippen LogP contribution in [0, 0.1) is 5.92 Å². The molecule has 1 atom stereocenters. The molecule has 1 N–H and O–H groups in total. The van der Waals surface area contributed by atoms with E-state index < -0.39 is 0 Å². The third-order valence-electron chi connectivity index (χ3n) is 5.18. The van der Waals surface area contributed by atoms with Gasteiger partial charge >= 0.3 is 0 Å². The summed E-state index contributed by atoms with van der Waals surface area (Å²) in [6.45, 7) is 4.59. The van der Waals surface area contributed by atoms with E-state index in [9.17, 15) is 0 Å². The standard InChI is InChI=1S/C17H25N5/c1-21-10-6-13(7-11-21)12-22-16-15(5-3-9-19-16)20-17(22)14-4-2-8-18-14/h3,5,9,13-14,18H,2,4,6-8,10-12H2,1H3. The Hall–Kier alpha value is -1.46. The van der Waals surface area contributed by atoms with Crippen molar-refractivity contribution in [3.63, 3.8) is 0 Å².